The quantitative estimate of drug-likeness (QED) is 0.584. The molecular formula is C14H6Cl3FN2O3S. The van der Waals surface area contributed by atoms with E-state index < -0.39 is 14.9 Å². The Hall–Kier alpha value is -1.67. The fourth-order valence-electron chi connectivity index (χ4n) is 1.93. The van der Waals surface area contributed by atoms with Crippen LogP contribution in [0.1, 0.15) is 0 Å². The molecule has 10 heteroatoms. The number of aromatic nitrogens is 2. The maximum Gasteiger partial charge on any atom is 0.262 e. The van der Waals surface area contributed by atoms with Gasteiger partial charge in [0.05, 0.1) is 15.6 Å². The second-order valence-electron chi connectivity index (χ2n) is 4.63. The molecule has 5 nitrogen and oxygen atoms in total. The minimum absolute atomic E-state index is 0.0300. The van der Waals surface area contributed by atoms with Gasteiger partial charge in [0.15, 0.2) is 0 Å². The van der Waals surface area contributed by atoms with Crippen LogP contribution < -0.4 is 0 Å². The molecule has 0 N–H and O–H groups in total. The zero-order valence-electron chi connectivity index (χ0n) is 11.5. The fourth-order valence-corrected chi connectivity index (χ4v) is 3.75. The van der Waals surface area contributed by atoms with Gasteiger partial charge in [-0.25, -0.2) is 12.8 Å². The van der Waals surface area contributed by atoms with Gasteiger partial charge in [0.2, 0.25) is 5.82 Å². The number of nitrogens with zero attached hydrogens (tertiary/aromatic N) is 2. The van der Waals surface area contributed by atoms with Crippen LogP contribution >= 0.6 is 33.9 Å². The normalized spacial score (nSPS) is 11.7. The van der Waals surface area contributed by atoms with Crippen LogP contribution in [0.3, 0.4) is 0 Å². The Kier molecular flexibility index (Phi) is 4.52. The van der Waals surface area contributed by atoms with Crippen molar-refractivity contribution in [3.05, 3.63) is 52.3 Å². The van der Waals surface area contributed by atoms with Gasteiger partial charge in [-0.1, -0.05) is 28.4 Å². The molecule has 0 aliphatic carbocycles. The number of hydrogen-bond donors (Lipinski definition) is 0. The predicted octanol–water partition coefficient (Wildman–Crippen LogP) is 4.78. The molecule has 0 saturated heterocycles. The predicted molar refractivity (Wildman–Crippen MR) is 88.2 cm³/mol. The zero-order valence-corrected chi connectivity index (χ0v) is 14.6. The molecule has 3 aromatic rings. The summed E-state index contributed by atoms with van der Waals surface area (Å²) in [4.78, 5) is 3.80. The monoisotopic (exact) mass is 406 g/mol. The molecule has 0 fully saturated rings. The lowest BCUT2D eigenvalue weighted by molar-refractivity contribution is 0.432. The minimum Gasteiger partial charge on any atom is -0.334 e. The van der Waals surface area contributed by atoms with E-state index >= 15 is 0 Å². The van der Waals surface area contributed by atoms with Gasteiger partial charge in [-0.15, -0.1) is 0 Å². The molecular weight excluding hydrogens is 402 g/mol. The van der Waals surface area contributed by atoms with Crippen molar-refractivity contribution >= 4 is 42.9 Å². The van der Waals surface area contributed by atoms with E-state index in [2.05, 4.69) is 10.1 Å². The fraction of sp³-hybridized carbons (Fsp3) is 0. The summed E-state index contributed by atoms with van der Waals surface area (Å²) in [5.74, 6) is -0.246. The van der Waals surface area contributed by atoms with Gasteiger partial charge >= 0.3 is 0 Å². The largest absolute Gasteiger partial charge is 0.334 e. The van der Waals surface area contributed by atoms with Gasteiger partial charge in [-0.3, -0.25) is 0 Å². The van der Waals surface area contributed by atoms with Crippen LogP contribution in [0.4, 0.5) is 4.39 Å². The van der Waals surface area contributed by atoms with Crippen LogP contribution in [0.5, 0.6) is 0 Å². The summed E-state index contributed by atoms with van der Waals surface area (Å²) >= 11 is 11.9. The van der Waals surface area contributed by atoms with Gasteiger partial charge in [0, 0.05) is 16.2 Å². The molecule has 1 heterocycles. The topological polar surface area (TPSA) is 73.1 Å². The van der Waals surface area contributed by atoms with Crippen molar-refractivity contribution < 1.29 is 17.3 Å². The Bertz CT molecular complexity index is 1020. The molecule has 0 saturated carbocycles. The first-order chi connectivity index (χ1) is 11.3. The van der Waals surface area contributed by atoms with Gasteiger partial charge in [-0.05, 0) is 36.4 Å². The minimum atomic E-state index is -4.08. The SMILES string of the molecule is O=S(=O)(Cl)c1cc(-c2nc(-c3ccc(F)cc3)no2)c(Cl)cc1Cl. The summed E-state index contributed by atoms with van der Waals surface area (Å²) < 4.78 is 41.1. The van der Waals surface area contributed by atoms with Crippen LogP contribution in [0.25, 0.3) is 22.8 Å². The van der Waals surface area contributed by atoms with E-state index in [-0.39, 0.29) is 32.2 Å². The molecule has 0 unspecified atom stereocenters. The van der Waals surface area contributed by atoms with Crippen molar-refractivity contribution in [2.24, 2.45) is 0 Å². The summed E-state index contributed by atoms with van der Waals surface area (Å²) in [5, 5.41) is 3.75. The maximum absolute atomic E-state index is 13.0. The Labute approximate surface area is 150 Å². The van der Waals surface area contributed by atoms with Crippen LogP contribution in [-0.2, 0) is 9.05 Å². The molecule has 0 atom stereocenters. The average Bonchev–Trinajstić information content (AvgIpc) is 2.96. The van der Waals surface area contributed by atoms with Gasteiger partial charge < -0.3 is 4.52 Å². The van der Waals surface area contributed by atoms with Crippen molar-refractivity contribution in [1.29, 1.82) is 0 Å². The summed E-state index contributed by atoms with van der Waals surface area (Å²) in [5.41, 5.74) is 0.669. The number of halogens is 4. The Morgan fingerprint density at radius 1 is 1.04 bits per heavy atom. The Balaban J connectivity index is 2.09. The smallest absolute Gasteiger partial charge is 0.262 e. The van der Waals surface area contributed by atoms with E-state index in [1.54, 1.807) is 0 Å². The van der Waals surface area contributed by atoms with E-state index in [1.165, 1.54) is 30.3 Å². The third kappa shape index (κ3) is 3.39. The van der Waals surface area contributed by atoms with E-state index in [4.69, 9.17) is 38.4 Å². The van der Waals surface area contributed by atoms with Crippen LogP contribution in [0.15, 0.2) is 45.8 Å². The first-order valence-electron chi connectivity index (χ1n) is 6.29. The molecule has 0 spiro atoms. The van der Waals surface area contributed by atoms with Gasteiger partial charge in [0.1, 0.15) is 10.7 Å². The molecule has 0 bridgehead atoms. The highest BCUT2D eigenvalue weighted by atomic mass is 35.7. The second-order valence-corrected chi connectivity index (χ2v) is 7.98. The lowest BCUT2D eigenvalue weighted by Gasteiger charge is -2.04. The first-order valence-corrected chi connectivity index (χ1v) is 9.36. The molecule has 3 rings (SSSR count). The number of hydrogen-bond acceptors (Lipinski definition) is 5. The molecule has 0 radical (unpaired) electrons. The molecule has 0 aliphatic rings. The Morgan fingerprint density at radius 2 is 1.71 bits per heavy atom. The summed E-state index contributed by atoms with van der Waals surface area (Å²) in [6.07, 6.45) is 0. The maximum atomic E-state index is 13.0. The van der Waals surface area contributed by atoms with Crippen LogP contribution in [-0.4, -0.2) is 18.6 Å². The van der Waals surface area contributed by atoms with E-state index in [0.29, 0.717) is 5.56 Å². The molecule has 0 amide bonds. The van der Waals surface area contributed by atoms with Crippen molar-refractivity contribution in [2.45, 2.75) is 4.90 Å². The summed E-state index contributed by atoms with van der Waals surface area (Å²) in [6, 6.07) is 7.81. The first kappa shape index (κ1) is 17.2. The molecule has 0 aliphatic heterocycles. The molecule has 2 aromatic carbocycles. The van der Waals surface area contributed by atoms with E-state index in [0.717, 1.165) is 6.07 Å². The van der Waals surface area contributed by atoms with Crippen molar-refractivity contribution in [3.8, 4) is 22.8 Å². The highest BCUT2D eigenvalue weighted by Gasteiger charge is 2.21. The van der Waals surface area contributed by atoms with E-state index in [9.17, 15) is 12.8 Å². The highest BCUT2D eigenvalue weighted by molar-refractivity contribution is 8.13. The third-order valence-corrected chi connectivity index (χ3v) is 5.14. The van der Waals surface area contributed by atoms with E-state index in [1.807, 2.05) is 0 Å². The summed E-state index contributed by atoms with van der Waals surface area (Å²) in [7, 11) is 1.25. The average molecular weight is 408 g/mol. The summed E-state index contributed by atoms with van der Waals surface area (Å²) in [6.45, 7) is 0. The number of rotatable bonds is 3. The highest BCUT2D eigenvalue weighted by Crippen LogP contribution is 2.36. The van der Waals surface area contributed by atoms with Crippen molar-refractivity contribution in [2.75, 3.05) is 0 Å². The molecule has 124 valence electrons. The number of benzene rings is 2. The lowest BCUT2D eigenvalue weighted by Crippen LogP contribution is -1.94. The van der Waals surface area contributed by atoms with Crippen molar-refractivity contribution in [3.63, 3.8) is 0 Å². The zero-order chi connectivity index (χ0) is 17.5. The lowest BCUT2D eigenvalue weighted by atomic mass is 10.2. The van der Waals surface area contributed by atoms with Crippen molar-refractivity contribution in [1.82, 2.24) is 10.1 Å². The van der Waals surface area contributed by atoms with Gasteiger partial charge in [-0.2, -0.15) is 4.98 Å². The van der Waals surface area contributed by atoms with Crippen LogP contribution in [0, 0.1) is 5.82 Å². The standard InChI is InChI=1S/C14H6Cl3FN2O3S/c15-10-6-11(16)12(24(17,21)22)5-9(10)14-19-13(20-23-14)7-1-3-8(18)4-2-7/h1-6H. The molecule has 24 heavy (non-hydrogen) atoms. The molecule has 1 aromatic heterocycles. The third-order valence-electron chi connectivity index (χ3n) is 3.04. The second kappa shape index (κ2) is 6.33. The Morgan fingerprint density at radius 3 is 2.33 bits per heavy atom. The van der Waals surface area contributed by atoms with Crippen LogP contribution in [0.2, 0.25) is 10.0 Å². The van der Waals surface area contributed by atoms with Gasteiger partial charge in [0.25, 0.3) is 14.9 Å².